The first-order chi connectivity index (χ1) is 5.93. The SMILES string of the molecule is O=S([O-])c1cccnc1C(F)(F)F.[Li+]. The predicted octanol–water partition coefficient (Wildman–Crippen LogP) is -1.66. The third kappa shape index (κ3) is 3.10. The van der Waals surface area contributed by atoms with Crippen LogP contribution < -0.4 is 18.9 Å². The van der Waals surface area contributed by atoms with Crippen LogP contribution in [0.25, 0.3) is 0 Å². The molecule has 0 aliphatic rings. The first kappa shape index (κ1) is 13.6. The summed E-state index contributed by atoms with van der Waals surface area (Å²) in [5.74, 6) is 0. The normalized spacial score (nSPS) is 13.1. The van der Waals surface area contributed by atoms with Crippen molar-refractivity contribution in [3.8, 4) is 0 Å². The van der Waals surface area contributed by atoms with Gasteiger partial charge in [0.1, 0.15) is 0 Å². The monoisotopic (exact) mass is 217 g/mol. The Morgan fingerprint density at radius 2 is 2.00 bits per heavy atom. The Morgan fingerprint density at radius 3 is 2.36 bits per heavy atom. The summed E-state index contributed by atoms with van der Waals surface area (Å²) in [5, 5.41) is 0. The molecule has 0 aliphatic heterocycles. The average molecular weight is 217 g/mol. The summed E-state index contributed by atoms with van der Waals surface area (Å²) >= 11 is -2.92. The quantitative estimate of drug-likeness (QED) is 0.418. The van der Waals surface area contributed by atoms with E-state index < -0.39 is 27.8 Å². The Morgan fingerprint density at radius 1 is 1.43 bits per heavy atom. The molecule has 8 heteroatoms. The number of hydrogen-bond donors (Lipinski definition) is 0. The fourth-order valence-electron chi connectivity index (χ4n) is 0.738. The number of pyridine rings is 1. The van der Waals surface area contributed by atoms with Gasteiger partial charge in [-0.25, -0.2) is 0 Å². The third-order valence-corrected chi connectivity index (χ3v) is 1.91. The zero-order chi connectivity index (χ0) is 10.1. The number of halogens is 3. The predicted molar refractivity (Wildman–Crippen MR) is 36.4 cm³/mol. The summed E-state index contributed by atoms with van der Waals surface area (Å²) in [5.41, 5.74) is -1.39. The fourth-order valence-corrected chi connectivity index (χ4v) is 1.25. The standard InChI is InChI=1S/C6H4F3NO2S.Li/c7-6(8,9)5-4(13(11)12)2-1-3-10-5;/h1-3H,(H,11,12);/q;+1/p-1. The molecule has 1 rings (SSSR count). The number of hydrogen-bond acceptors (Lipinski definition) is 3. The zero-order valence-electron chi connectivity index (χ0n) is 7.04. The van der Waals surface area contributed by atoms with Crippen molar-refractivity contribution >= 4 is 11.1 Å². The molecule has 0 aliphatic carbocycles. The van der Waals surface area contributed by atoms with Gasteiger partial charge >= 0.3 is 25.0 Å². The van der Waals surface area contributed by atoms with Crippen molar-refractivity contribution in [2.75, 3.05) is 0 Å². The summed E-state index contributed by atoms with van der Waals surface area (Å²) in [6.07, 6.45) is -3.85. The van der Waals surface area contributed by atoms with E-state index in [0.29, 0.717) is 0 Å². The van der Waals surface area contributed by atoms with Crippen molar-refractivity contribution in [2.24, 2.45) is 0 Å². The molecule has 0 saturated heterocycles. The van der Waals surface area contributed by atoms with E-state index >= 15 is 0 Å². The molecule has 1 unspecified atom stereocenters. The topological polar surface area (TPSA) is 53.0 Å². The minimum atomic E-state index is -4.74. The Kier molecular flexibility index (Phi) is 4.81. The van der Waals surface area contributed by atoms with E-state index in [0.717, 1.165) is 18.3 Å². The van der Waals surface area contributed by atoms with Gasteiger partial charge in [-0.15, -0.1) is 0 Å². The first-order valence-corrected chi connectivity index (χ1v) is 4.12. The van der Waals surface area contributed by atoms with Gasteiger partial charge in [0, 0.05) is 6.20 Å². The van der Waals surface area contributed by atoms with Crippen LogP contribution in [0.15, 0.2) is 23.2 Å². The van der Waals surface area contributed by atoms with Gasteiger partial charge in [-0.3, -0.25) is 9.19 Å². The van der Waals surface area contributed by atoms with Gasteiger partial charge in [-0.05, 0) is 23.2 Å². The second-order valence-electron chi connectivity index (χ2n) is 2.08. The van der Waals surface area contributed by atoms with Crippen LogP contribution in [0.3, 0.4) is 0 Å². The van der Waals surface area contributed by atoms with Gasteiger partial charge in [0.25, 0.3) is 0 Å². The Bertz CT molecular complexity index is 344. The summed E-state index contributed by atoms with van der Waals surface area (Å²) in [6, 6.07) is 1.97. The van der Waals surface area contributed by atoms with Crippen molar-refractivity contribution in [1.29, 1.82) is 0 Å². The Balaban J connectivity index is 0.00000169. The molecule has 0 spiro atoms. The van der Waals surface area contributed by atoms with E-state index in [1.54, 1.807) is 0 Å². The van der Waals surface area contributed by atoms with Crippen LogP contribution in [-0.4, -0.2) is 13.7 Å². The number of aromatic nitrogens is 1. The molecule has 14 heavy (non-hydrogen) atoms. The molecule has 0 fully saturated rings. The minimum Gasteiger partial charge on any atom is -0.768 e. The van der Waals surface area contributed by atoms with Gasteiger partial charge in [-0.1, -0.05) is 0 Å². The van der Waals surface area contributed by atoms with E-state index in [-0.39, 0.29) is 18.9 Å². The molecule has 3 nitrogen and oxygen atoms in total. The number of nitrogens with zero attached hydrogens (tertiary/aromatic N) is 1. The molecule has 0 amide bonds. The first-order valence-electron chi connectivity index (χ1n) is 3.04. The molecule has 0 aromatic carbocycles. The van der Waals surface area contributed by atoms with E-state index in [4.69, 9.17) is 0 Å². The zero-order valence-corrected chi connectivity index (χ0v) is 7.85. The summed E-state index contributed by atoms with van der Waals surface area (Å²) in [7, 11) is 0. The van der Waals surface area contributed by atoms with Gasteiger partial charge in [-0.2, -0.15) is 13.2 Å². The van der Waals surface area contributed by atoms with E-state index in [1.807, 2.05) is 0 Å². The van der Waals surface area contributed by atoms with Crippen molar-refractivity contribution < 1.29 is 40.8 Å². The van der Waals surface area contributed by atoms with Crippen LogP contribution in [0, 0.1) is 0 Å². The molecule has 1 aromatic rings. The van der Waals surface area contributed by atoms with Crippen LogP contribution in [0.5, 0.6) is 0 Å². The maximum Gasteiger partial charge on any atom is 1.00 e. The molecule has 1 aromatic heterocycles. The summed E-state index contributed by atoms with van der Waals surface area (Å²) in [4.78, 5) is 2.12. The van der Waals surface area contributed by atoms with E-state index in [9.17, 15) is 21.9 Å². The van der Waals surface area contributed by atoms with Crippen LogP contribution >= 0.6 is 0 Å². The van der Waals surface area contributed by atoms with Crippen LogP contribution in [0.1, 0.15) is 5.69 Å². The molecule has 0 bridgehead atoms. The van der Waals surface area contributed by atoms with E-state index in [1.165, 1.54) is 0 Å². The molecule has 0 saturated carbocycles. The van der Waals surface area contributed by atoms with Crippen molar-refractivity contribution in [2.45, 2.75) is 11.1 Å². The van der Waals surface area contributed by atoms with Crippen LogP contribution in [0.4, 0.5) is 13.2 Å². The van der Waals surface area contributed by atoms with Crippen molar-refractivity contribution in [1.82, 2.24) is 4.98 Å². The maximum absolute atomic E-state index is 12.1. The number of alkyl halides is 3. The van der Waals surface area contributed by atoms with Gasteiger partial charge in [0.15, 0.2) is 5.69 Å². The van der Waals surface area contributed by atoms with Crippen LogP contribution in [-0.2, 0) is 17.3 Å². The number of rotatable bonds is 1. The van der Waals surface area contributed by atoms with Gasteiger partial charge in [0.2, 0.25) is 0 Å². The molecule has 0 radical (unpaired) electrons. The molecule has 72 valence electrons. The summed E-state index contributed by atoms with van der Waals surface area (Å²) in [6.45, 7) is 0. The molecule has 1 atom stereocenters. The van der Waals surface area contributed by atoms with Crippen LogP contribution in [0.2, 0.25) is 0 Å². The average Bonchev–Trinajstić information content (AvgIpc) is 2.03. The molecule has 1 heterocycles. The van der Waals surface area contributed by atoms with Crippen molar-refractivity contribution in [3.05, 3.63) is 24.0 Å². The molecule has 0 N–H and O–H groups in total. The maximum atomic E-state index is 12.1. The largest absolute Gasteiger partial charge is 1.00 e. The molecular weight excluding hydrogens is 214 g/mol. The summed E-state index contributed by atoms with van der Waals surface area (Å²) < 4.78 is 56.9. The Hall–Kier alpha value is -0.353. The minimum absolute atomic E-state index is 0. The Labute approximate surface area is 92.2 Å². The second kappa shape index (κ2) is 4.93. The third-order valence-electron chi connectivity index (χ3n) is 1.22. The second-order valence-corrected chi connectivity index (χ2v) is 2.99. The van der Waals surface area contributed by atoms with Gasteiger partial charge in [0.05, 0.1) is 4.90 Å². The van der Waals surface area contributed by atoms with E-state index in [2.05, 4.69) is 4.98 Å². The van der Waals surface area contributed by atoms with Gasteiger partial charge < -0.3 is 4.55 Å². The van der Waals surface area contributed by atoms with Crippen molar-refractivity contribution in [3.63, 3.8) is 0 Å². The molecular formula is C6H3F3LiNO2S. The fraction of sp³-hybridized carbons (Fsp3) is 0.167. The smallest absolute Gasteiger partial charge is 0.768 e.